The second-order valence-corrected chi connectivity index (χ2v) is 28.3. The third kappa shape index (κ3) is 55.0. The molecular formula is C84H155ClN10O14S4. The van der Waals surface area contributed by atoms with E-state index in [1.807, 2.05) is 254 Å². The van der Waals surface area contributed by atoms with Crippen LogP contribution in [-0.2, 0) is 58.3 Å². The summed E-state index contributed by atoms with van der Waals surface area (Å²) in [4.78, 5) is 46.0. The van der Waals surface area contributed by atoms with Crippen LogP contribution in [0.25, 0.3) is 0 Å². The van der Waals surface area contributed by atoms with E-state index in [0.29, 0.717) is 29.4 Å². The van der Waals surface area contributed by atoms with Crippen molar-refractivity contribution in [3.8, 4) is 0 Å². The lowest BCUT2D eigenvalue weighted by atomic mass is 10.2. The minimum absolute atomic E-state index is 0.00741. The Labute approximate surface area is 693 Å². The number of likely N-dealkylation sites (N-methyl/N-ethyl adjacent to an activating group) is 4. The molecule has 8 rings (SSSR count). The number of nitrogens with zero attached hydrogens (tertiary/aromatic N) is 4. The second kappa shape index (κ2) is 81.2. The Morgan fingerprint density at radius 3 is 1.19 bits per heavy atom. The van der Waals surface area contributed by atoms with Crippen LogP contribution in [-0.4, -0.2) is 159 Å². The lowest BCUT2D eigenvalue weighted by Gasteiger charge is -2.24. The second-order valence-electron chi connectivity index (χ2n) is 19.9. The Morgan fingerprint density at radius 1 is 0.504 bits per heavy atom. The predicted octanol–water partition coefficient (Wildman–Crippen LogP) is 19.2. The molecule has 0 spiro atoms. The highest BCUT2D eigenvalue weighted by Crippen LogP contribution is 2.33. The molecule has 2 aliphatic rings. The van der Waals surface area contributed by atoms with Gasteiger partial charge in [0.2, 0.25) is 53.7 Å². The minimum atomic E-state index is -3.82. The normalized spacial score (nSPS) is 13.4. The molecule has 4 amide bonds. The highest BCUT2D eigenvalue weighted by atomic mass is 35.7. The van der Waals surface area contributed by atoms with E-state index < -0.39 is 45.2 Å². The van der Waals surface area contributed by atoms with Crippen LogP contribution < -0.4 is 37.2 Å². The number of hydrogen-bond acceptors (Lipinski definition) is 17. The van der Waals surface area contributed by atoms with E-state index in [1.165, 1.54) is 84.7 Å². The van der Waals surface area contributed by atoms with E-state index >= 15 is 0 Å². The lowest BCUT2D eigenvalue weighted by Crippen LogP contribution is -2.41. The maximum atomic E-state index is 12.4. The van der Waals surface area contributed by atoms with Gasteiger partial charge in [0.1, 0.15) is 19.6 Å². The number of hydrogen-bond donors (Lipinski definition) is 8. The van der Waals surface area contributed by atoms with Crippen LogP contribution >= 0.6 is 10.7 Å². The van der Waals surface area contributed by atoms with Gasteiger partial charge in [-0.15, -0.1) is 0 Å². The average Bonchev–Trinajstić information content (AvgIpc) is 1.61. The summed E-state index contributed by atoms with van der Waals surface area (Å²) in [5.74, 6) is -0.885. The quantitative estimate of drug-likeness (QED) is 0.0466. The smallest absolute Gasteiger partial charge is 0.263 e. The SMILES string of the molecule is CC.CC.CC.CC.CC.CC.CC.CC.CC.CC.CC.CC.CC(=O)N1CC(C)N(C)S(=O)(=O)c2ccccc21.CC(=O)Nc1ccccc1.CC(=O)Nc1ccccc1S(=O)(=O)Cl.CC(=O)Nc1ccccc1S(=O)(=O)N(C)C(C)CO.CC1CNc2ccccc2S(=O)(=O)N1C.CNC(C)CO.Nc1ccccc1. The zero-order valence-electron chi connectivity index (χ0n) is 75.8. The number of aliphatic hydroxyl groups is 2. The molecular weight excluding hydrogens is 1540 g/mol. The van der Waals surface area contributed by atoms with Crippen molar-refractivity contribution in [2.75, 3.05) is 86.4 Å². The molecule has 0 radical (unpaired) electrons. The van der Waals surface area contributed by atoms with Gasteiger partial charge in [0, 0.05) is 108 Å². The summed E-state index contributed by atoms with van der Waals surface area (Å²) in [7, 11) is -2.92. The van der Waals surface area contributed by atoms with Crippen molar-refractivity contribution < 1.29 is 63.1 Å². The van der Waals surface area contributed by atoms with Crippen molar-refractivity contribution in [2.24, 2.45) is 0 Å². The van der Waals surface area contributed by atoms with Gasteiger partial charge in [-0.1, -0.05) is 251 Å². The van der Waals surface area contributed by atoms with E-state index in [-0.39, 0.29) is 81.0 Å². The van der Waals surface area contributed by atoms with E-state index in [9.17, 15) is 52.8 Å². The molecule has 113 heavy (non-hydrogen) atoms. The first-order valence-electron chi connectivity index (χ1n) is 39.4. The molecule has 656 valence electrons. The number of halogens is 1. The number of fused-ring (bicyclic) bond motifs is 2. The average molecular weight is 1690 g/mol. The molecule has 0 saturated carbocycles. The van der Waals surface area contributed by atoms with Gasteiger partial charge in [-0.2, -0.15) is 12.9 Å². The molecule has 24 nitrogen and oxygen atoms in total. The van der Waals surface area contributed by atoms with Crippen molar-refractivity contribution in [3.05, 3.63) is 158 Å². The predicted molar refractivity (Wildman–Crippen MR) is 488 cm³/mol. The Morgan fingerprint density at radius 2 is 0.841 bits per heavy atom. The first kappa shape index (κ1) is 129. The molecule has 6 aromatic rings. The van der Waals surface area contributed by atoms with Gasteiger partial charge in [0.05, 0.1) is 36.0 Å². The number of sulfonamides is 3. The molecule has 2 heterocycles. The molecule has 29 heteroatoms. The number of anilines is 6. The number of para-hydroxylation sites is 6. The number of aliphatic hydroxyl groups excluding tert-OH is 2. The largest absolute Gasteiger partial charge is 0.399 e. The fraction of sp³-hybridized carbons (Fsp3) is 0.524. The molecule has 0 fully saturated rings. The van der Waals surface area contributed by atoms with Gasteiger partial charge in [0.15, 0.2) is 0 Å². The Kier molecular flexibility index (Phi) is 92.8. The van der Waals surface area contributed by atoms with Gasteiger partial charge < -0.3 is 47.4 Å². The third-order valence-corrected chi connectivity index (χ3v) is 20.3. The van der Waals surface area contributed by atoms with Crippen LogP contribution in [0.5, 0.6) is 0 Å². The maximum Gasteiger partial charge on any atom is 0.263 e. The van der Waals surface area contributed by atoms with Gasteiger partial charge in [-0.3, -0.25) is 19.2 Å². The van der Waals surface area contributed by atoms with Crippen LogP contribution in [0.15, 0.2) is 177 Å². The monoisotopic (exact) mass is 1690 g/mol. The van der Waals surface area contributed by atoms with Crippen LogP contribution in [0.2, 0.25) is 0 Å². The molecule has 2 aliphatic heterocycles. The molecule has 4 atom stereocenters. The summed E-state index contributed by atoms with van der Waals surface area (Å²) in [6, 6.07) is 43.9. The number of nitrogens with two attached hydrogens (primary N) is 1. The topological polar surface area (TPSA) is 344 Å². The highest BCUT2D eigenvalue weighted by Gasteiger charge is 2.36. The molecule has 6 aromatic carbocycles. The van der Waals surface area contributed by atoms with Crippen LogP contribution in [0.3, 0.4) is 0 Å². The van der Waals surface area contributed by atoms with Gasteiger partial charge >= 0.3 is 0 Å². The molecule has 9 N–H and O–H groups in total. The number of carbonyl (C=O) groups excluding carboxylic acids is 4. The van der Waals surface area contributed by atoms with E-state index in [4.69, 9.17) is 26.6 Å². The van der Waals surface area contributed by atoms with Crippen molar-refractivity contribution in [1.29, 1.82) is 0 Å². The van der Waals surface area contributed by atoms with Gasteiger partial charge in [-0.05, 0) is 108 Å². The molecule has 0 aromatic heterocycles. The molecule has 0 bridgehead atoms. The molecule has 0 aliphatic carbocycles. The van der Waals surface area contributed by atoms with E-state index in [2.05, 4.69) is 26.6 Å². The standard InChI is InChI=1S/C12H18N2O4S.C12H16N2O3S.C10H14N2O2S.C8H8ClNO3S.C8H9NO.C6H7N.C4H11NO.12C2H6/c1-9(8-15)14(3)19(17,18)12-7-5-4-6-11(12)13-10(2)16;1-9-8-14(10(2)15)11-6-4-5-7-12(11)18(16,17)13(9)3;1-8-7-11-9-5-3-4-6-10(9)15(13,14)12(8)2;1-6(11)10-7-4-2-3-5-8(7)14(9,12)13;1-7(10)9-8-5-3-2-4-6-8;7-6-4-2-1-3-5-6;1-4(3-6)5-2;12*1-2/h4-7,9,15H,8H2,1-3H3,(H,13,16);4-7,9H,8H2,1-3H3;3-6,8,11H,7H2,1-2H3;2-5H,1H3,(H,10,11);2-6H,1H3,(H,9,10);1-5H,7H2;4-6H,3H2,1-2H3;12*1-2H3. The number of rotatable bonds is 10. The van der Waals surface area contributed by atoms with Crippen molar-refractivity contribution in [2.45, 2.75) is 265 Å². The van der Waals surface area contributed by atoms with E-state index in [0.717, 1.165) is 15.7 Å². The maximum absolute atomic E-state index is 12.4. The summed E-state index contributed by atoms with van der Waals surface area (Å²) in [6.07, 6.45) is 0. The van der Waals surface area contributed by atoms with Crippen molar-refractivity contribution in [3.63, 3.8) is 0 Å². The fourth-order valence-electron chi connectivity index (χ4n) is 7.41. The van der Waals surface area contributed by atoms with Crippen LogP contribution in [0.4, 0.5) is 34.1 Å². The van der Waals surface area contributed by atoms with E-state index in [1.54, 1.807) is 82.5 Å². The Balaban J connectivity index is -0.000000116. The number of nitrogen functional groups attached to an aromatic ring is 1. The summed E-state index contributed by atoms with van der Waals surface area (Å²) in [6.45, 7) is 61.7. The number of carbonyl (C=O) groups is 4. The Hall–Kier alpha value is -7.35. The Bertz CT molecular complexity index is 3720. The molecule has 4 unspecified atom stereocenters. The highest BCUT2D eigenvalue weighted by molar-refractivity contribution is 8.13. The first-order chi connectivity index (χ1) is 53.6. The summed E-state index contributed by atoms with van der Waals surface area (Å²) >= 11 is 0. The van der Waals surface area contributed by atoms with Crippen LogP contribution in [0.1, 0.15) is 222 Å². The minimum Gasteiger partial charge on any atom is -0.399 e. The number of benzene rings is 6. The zero-order valence-corrected chi connectivity index (χ0v) is 79.8. The van der Waals surface area contributed by atoms with Gasteiger partial charge in [0.25, 0.3) is 9.05 Å². The molecule has 0 saturated heterocycles. The van der Waals surface area contributed by atoms with Gasteiger partial charge in [-0.25, -0.2) is 33.7 Å². The summed E-state index contributed by atoms with van der Waals surface area (Å²) in [5, 5.41) is 30.9. The number of nitrogens with one attached hydrogen (secondary N) is 5. The lowest BCUT2D eigenvalue weighted by molar-refractivity contribution is -0.117. The summed E-state index contributed by atoms with van der Waals surface area (Å²) < 4.78 is 99.7. The third-order valence-electron chi connectivity index (χ3n) is 12.9. The van der Waals surface area contributed by atoms with Crippen LogP contribution in [0, 0.1) is 0 Å². The van der Waals surface area contributed by atoms with Crippen molar-refractivity contribution in [1.82, 2.24) is 18.2 Å². The fourth-order valence-corrected chi connectivity index (χ4v) is 13.0. The summed E-state index contributed by atoms with van der Waals surface area (Å²) in [5.41, 5.74) is 8.59. The zero-order chi connectivity index (χ0) is 91.5. The number of amides is 4. The first-order valence-corrected chi connectivity index (χ1v) is 46.1. The van der Waals surface area contributed by atoms with Crippen molar-refractivity contribution >= 4 is 108 Å².